The van der Waals surface area contributed by atoms with Gasteiger partial charge < -0.3 is 10.6 Å². The first-order chi connectivity index (χ1) is 13.0. The van der Waals surface area contributed by atoms with Crippen molar-refractivity contribution in [2.75, 3.05) is 10.6 Å². The van der Waals surface area contributed by atoms with Gasteiger partial charge in [-0.25, -0.2) is 4.68 Å². The van der Waals surface area contributed by atoms with Crippen LogP contribution in [0.5, 0.6) is 0 Å². The van der Waals surface area contributed by atoms with E-state index in [1.807, 2.05) is 79.2 Å². The summed E-state index contributed by atoms with van der Waals surface area (Å²) in [7, 11) is 0. The Balaban J connectivity index is 1.76. The molecule has 0 spiro atoms. The smallest absolute Gasteiger partial charge is 0.255 e. The van der Waals surface area contributed by atoms with Gasteiger partial charge in [-0.1, -0.05) is 46.3 Å². The molecule has 0 aliphatic carbocycles. The number of benzene rings is 2. The summed E-state index contributed by atoms with van der Waals surface area (Å²) in [5.41, 5.74) is 4.15. The molecule has 0 fully saturated rings. The molecule has 1 amide bonds. The van der Waals surface area contributed by atoms with E-state index in [4.69, 9.17) is 0 Å². The van der Waals surface area contributed by atoms with Crippen molar-refractivity contribution in [2.45, 2.75) is 19.9 Å². The molecule has 0 radical (unpaired) electrons. The molecule has 1 aliphatic rings. The Morgan fingerprint density at radius 2 is 1.81 bits per heavy atom. The van der Waals surface area contributed by atoms with Crippen molar-refractivity contribution in [1.82, 2.24) is 9.78 Å². The molecule has 6 heteroatoms. The summed E-state index contributed by atoms with van der Waals surface area (Å²) in [6.07, 6.45) is 0. The number of allylic oxidation sites excluding steroid dienone is 1. The van der Waals surface area contributed by atoms with Crippen molar-refractivity contribution >= 4 is 33.3 Å². The molecular weight excluding hydrogens is 404 g/mol. The molecule has 0 saturated carbocycles. The van der Waals surface area contributed by atoms with Crippen LogP contribution >= 0.6 is 15.9 Å². The topological polar surface area (TPSA) is 59.0 Å². The number of anilines is 2. The van der Waals surface area contributed by atoms with Gasteiger partial charge >= 0.3 is 0 Å². The lowest BCUT2D eigenvalue weighted by molar-refractivity contribution is -0.113. The Labute approximate surface area is 166 Å². The molecule has 1 atom stereocenters. The Kier molecular flexibility index (Phi) is 4.58. The molecule has 4 rings (SSSR count). The summed E-state index contributed by atoms with van der Waals surface area (Å²) < 4.78 is 2.85. The first-order valence-corrected chi connectivity index (χ1v) is 9.48. The highest BCUT2D eigenvalue weighted by Gasteiger charge is 2.33. The third-order valence-electron chi connectivity index (χ3n) is 4.56. The van der Waals surface area contributed by atoms with Crippen LogP contribution in [0, 0.1) is 6.92 Å². The number of aromatic nitrogens is 2. The average Bonchev–Trinajstić information content (AvgIpc) is 3.02. The fraction of sp³-hybridized carbons (Fsp3) is 0.143. The molecule has 0 bridgehead atoms. The van der Waals surface area contributed by atoms with Crippen molar-refractivity contribution in [3.8, 4) is 0 Å². The van der Waals surface area contributed by atoms with E-state index in [-0.39, 0.29) is 11.9 Å². The minimum atomic E-state index is -0.286. The molecule has 2 aromatic carbocycles. The number of hydrogen-bond donors (Lipinski definition) is 2. The highest BCUT2D eigenvalue weighted by Crippen LogP contribution is 2.36. The Hall–Kier alpha value is -2.86. The molecule has 2 N–H and O–H groups in total. The van der Waals surface area contributed by atoms with Gasteiger partial charge in [0.1, 0.15) is 11.9 Å². The second kappa shape index (κ2) is 7.04. The largest absolute Gasteiger partial charge is 0.344 e. The summed E-state index contributed by atoms with van der Waals surface area (Å²) in [4.78, 5) is 13.2. The van der Waals surface area contributed by atoms with Crippen LogP contribution in [-0.4, -0.2) is 15.7 Å². The molecule has 27 heavy (non-hydrogen) atoms. The number of nitrogens with one attached hydrogen (secondary N) is 2. The van der Waals surface area contributed by atoms with Gasteiger partial charge in [0, 0.05) is 21.9 Å². The maximum Gasteiger partial charge on any atom is 0.255 e. The van der Waals surface area contributed by atoms with Gasteiger partial charge in [0.05, 0.1) is 11.3 Å². The van der Waals surface area contributed by atoms with Crippen molar-refractivity contribution in [1.29, 1.82) is 0 Å². The molecule has 1 aromatic heterocycles. The monoisotopic (exact) mass is 422 g/mol. The first kappa shape index (κ1) is 17.5. The third kappa shape index (κ3) is 3.40. The highest BCUT2D eigenvalue weighted by atomic mass is 79.9. The lowest BCUT2D eigenvalue weighted by Crippen LogP contribution is -2.31. The Morgan fingerprint density at radius 3 is 2.52 bits per heavy atom. The van der Waals surface area contributed by atoms with Gasteiger partial charge in [0.15, 0.2) is 0 Å². The van der Waals surface area contributed by atoms with E-state index in [0.29, 0.717) is 5.57 Å². The summed E-state index contributed by atoms with van der Waals surface area (Å²) in [5, 5.41) is 11.0. The van der Waals surface area contributed by atoms with Crippen LogP contribution < -0.4 is 10.6 Å². The van der Waals surface area contributed by atoms with Gasteiger partial charge in [0.25, 0.3) is 5.91 Å². The molecule has 0 saturated heterocycles. The summed E-state index contributed by atoms with van der Waals surface area (Å²) in [5.74, 6) is 0.744. The fourth-order valence-corrected chi connectivity index (χ4v) is 3.63. The van der Waals surface area contributed by atoms with Crippen molar-refractivity contribution < 1.29 is 4.79 Å². The van der Waals surface area contributed by atoms with E-state index in [2.05, 4.69) is 31.7 Å². The van der Waals surface area contributed by atoms with Gasteiger partial charge in [-0.15, -0.1) is 0 Å². The normalized spacial score (nSPS) is 15.9. The molecule has 3 aromatic rings. The SMILES string of the molecule is CC1=C(C(=O)Nc2ccc(Br)cc2)C(c2ccccc2)n2nc(C)cc2N1. The maximum atomic E-state index is 13.2. The van der Waals surface area contributed by atoms with E-state index in [1.165, 1.54) is 0 Å². The molecule has 1 aliphatic heterocycles. The van der Waals surface area contributed by atoms with Crippen LogP contribution in [0.2, 0.25) is 0 Å². The molecule has 5 nitrogen and oxygen atoms in total. The third-order valence-corrected chi connectivity index (χ3v) is 5.09. The van der Waals surface area contributed by atoms with Crippen LogP contribution in [-0.2, 0) is 4.79 Å². The number of carbonyl (C=O) groups excluding carboxylic acids is 1. The van der Waals surface area contributed by atoms with Crippen LogP contribution in [0.25, 0.3) is 0 Å². The number of fused-ring (bicyclic) bond motifs is 1. The van der Waals surface area contributed by atoms with Crippen molar-refractivity contribution in [3.63, 3.8) is 0 Å². The van der Waals surface area contributed by atoms with E-state index >= 15 is 0 Å². The van der Waals surface area contributed by atoms with Gasteiger partial charge in [-0.3, -0.25) is 4.79 Å². The predicted molar refractivity (Wildman–Crippen MR) is 111 cm³/mol. The Bertz CT molecular complexity index is 1020. The Morgan fingerprint density at radius 1 is 1.11 bits per heavy atom. The van der Waals surface area contributed by atoms with Gasteiger partial charge in [-0.2, -0.15) is 5.10 Å². The molecule has 1 unspecified atom stereocenters. The highest BCUT2D eigenvalue weighted by molar-refractivity contribution is 9.10. The van der Waals surface area contributed by atoms with E-state index in [9.17, 15) is 4.79 Å². The minimum Gasteiger partial charge on any atom is -0.344 e. The standard InChI is InChI=1S/C21H19BrN4O/c1-13-12-18-23-14(2)19(21(27)24-17-10-8-16(22)9-11-17)20(26(18)25-13)15-6-4-3-5-7-15/h3-12,20,23H,1-2H3,(H,24,27). The van der Waals surface area contributed by atoms with E-state index in [0.717, 1.165) is 32.9 Å². The quantitative estimate of drug-likeness (QED) is 0.631. The summed E-state index contributed by atoms with van der Waals surface area (Å²) in [6, 6.07) is 19.2. The van der Waals surface area contributed by atoms with Crippen molar-refractivity contribution in [2.24, 2.45) is 0 Å². The number of aryl methyl sites for hydroxylation is 1. The lowest BCUT2D eigenvalue weighted by atomic mass is 9.95. The number of nitrogens with zero attached hydrogens (tertiary/aromatic N) is 2. The van der Waals surface area contributed by atoms with Gasteiger partial charge in [-0.05, 0) is 43.7 Å². The minimum absolute atomic E-state index is 0.144. The van der Waals surface area contributed by atoms with Crippen molar-refractivity contribution in [3.05, 3.63) is 87.7 Å². The second-order valence-electron chi connectivity index (χ2n) is 6.55. The predicted octanol–water partition coefficient (Wildman–Crippen LogP) is 4.88. The zero-order valence-corrected chi connectivity index (χ0v) is 16.6. The van der Waals surface area contributed by atoms with Gasteiger partial charge in [0.2, 0.25) is 0 Å². The second-order valence-corrected chi connectivity index (χ2v) is 7.47. The number of rotatable bonds is 3. The van der Waals surface area contributed by atoms with Crippen LogP contribution in [0.15, 0.2) is 76.4 Å². The maximum absolute atomic E-state index is 13.2. The van der Waals surface area contributed by atoms with Crippen LogP contribution in [0.4, 0.5) is 11.5 Å². The van der Waals surface area contributed by atoms with E-state index < -0.39 is 0 Å². The summed E-state index contributed by atoms with van der Waals surface area (Å²) >= 11 is 3.41. The first-order valence-electron chi connectivity index (χ1n) is 8.69. The number of carbonyl (C=O) groups is 1. The number of amides is 1. The zero-order valence-electron chi connectivity index (χ0n) is 15.0. The molecule has 136 valence electrons. The number of hydrogen-bond acceptors (Lipinski definition) is 3. The van der Waals surface area contributed by atoms with Crippen LogP contribution in [0.3, 0.4) is 0 Å². The lowest BCUT2D eigenvalue weighted by Gasteiger charge is -2.29. The fourth-order valence-electron chi connectivity index (χ4n) is 3.36. The molecule has 2 heterocycles. The molecular formula is C21H19BrN4O. The summed E-state index contributed by atoms with van der Waals surface area (Å²) in [6.45, 7) is 3.88. The number of halogens is 1. The van der Waals surface area contributed by atoms with Crippen LogP contribution in [0.1, 0.15) is 24.2 Å². The van der Waals surface area contributed by atoms with E-state index in [1.54, 1.807) is 0 Å². The zero-order chi connectivity index (χ0) is 19.0. The average molecular weight is 423 g/mol.